The third-order valence-electron chi connectivity index (χ3n) is 5.47. The molecule has 0 saturated carbocycles. The van der Waals surface area contributed by atoms with Crippen LogP contribution in [0, 0.1) is 17.4 Å². The molecule has 0 spiro atoms. The van der Waals surface area contributed by atoms with Crippen molar-refractivity contribution in [2.75, 3.05) is 25.6 Å². The number of hydrogen-bond donors (Lipinski definition) is 3. The Morgan fingerprint density at radius 3 is 2.37 bits per heavy atom. The second-order valence-electron chi connectivity index (χ2n) is 8.33. The summed E-state index contributed by atoms with van der Waals surface area (Å²) >= 11 is 2.06. The van der Waals surface area contributed by atoms with Gasteiger partial charge in [0.1, 0.15) is 0 Å². The number of rotatable bonds is 10. The van der Waals surface area contributed by atoms with E-state index in [1.165, 1.54) is 13.3 Å². The third kappa shape index (κ3) is 8.30. The van der Waals surface area contributed by atoms with Crippen molar-refractivity contribution < 1.29 is 23.9 Å². The van der Waals surface area contributed by atoms with Crippen LogP contribution in [0.2, 0.25) is 0 Å². The molecular formula is C28H29IN4O5. The van der Waals surface area contributed by atoms with Crippen molar-refractivity contribution in [3.63, 3.8) is 0 Å². The average Bonchev–Trinajstić information content (AvgIpc) is 2.90. The van der Waals surface area contributed by atoms with Crippen molar-refractivity contribution in [1.82, 2.24) is 10.7 Å². The highest BCUT2D eigenvalue weighted by Crippen LogP contribution is 2.33. The average molecular weight is 628 g/mol. The van der Waals surface area contributed by atoms with E-state index < -0.39 is 11.8 Å². The minimum Gasteiger partial charge on any atom is -0.493 e. The number of hydrogen-bond acceptors (Lipinski definition) is 6. The summed E-state index contributed by atoms with van der Waals surface area (Å²) in [5.41, 5.74) is 6.57. The maximum atomic E-state index is 12.5. The van der Waals surface area contributed by atoms with Crippen LogP contribution in [-0.2, 0) is 20.8 Å². The van der Waals surface area contributed by atoms with E-state index in [-0.39, 0.29) is 12.5 Å². The highest BCUT2D eigenvalue weighted by Gasteiger charge is 2.15. The van der Waals surface area contributed by atoms with Gasteiger partial charge < -0.3 is 20.1 Å². The first-order chi connectivity index (χ1) is 18.3. The van der Waals surface area contributed by atoms with E-state index in [2.05, 4.69) is 43.8 Å². The zero-order valence-electron chi connectivity index (χ0n) is 21.3. The zero-order chi connectivity index (χ0) is 27.5. The number of halogens is 1. The predicted molar refractivity (Wildman–Crippen MR) is 155 cm³/mol. The molecule has 0 fully saturated rings. The second-order valence-corrected chi connectivity index (χ2v) is 9.49. The zero-order valence-corrected chi connectivity index (χ0v) is 23.5. The molecular weight excluding hydrogens is 599 g/mol. The lowest BCUT2D eigenvalue weighted by Crippen LogP contribution is -2.38. The number of methoxy groups -OCH3 is 1. The Hall–Kier alpha value is -3.93. The van der Waals surface area contributed by atoms with Gasteiger partial charge in [0, 0.05) is 12.2 Å². The Morgan fingerprint density at radius 2 is 1.68 bits per heavy atom. The third-order valence-corrected chi connectivity index (χ3v) is 6.27. The van der Waals surface area contributed by atoms with Crippen molar-refractivity contribution in [3.8, 4) is 11.5 Å². The fraction of sp³-hybridized carbons (Fsp3) is 0.214. The van der Waals surface area contributed by atoms with E-state index in [1.807, 2.05) is 62.4 Å². The second kappa shape index (κ2) is 14.1. The van der Waals surface area contributed by atoms with Gasteiger partial charge in [-0.25, -0.2) is 5.43 Å². The van der Waals surface area contributed by atoms with E-state index >= 15 is 0 Å². The number of benzene rings is 3. The van der Waals surface area contributed by atoms with Crippen LogP contribution in [0.5, 0.6) is 11.5 Å². The molecule has 0 aliphatic carbocycles. The van der Waals surface area contributed by atoms with Crippen molar-refractivity contribution in [3.05, 3.63) is 86.5 Å². The summed E-state index contributed by atoms with van der Waals surface area (Å²) in [4.78, 5) is 36.5. The first-order valence-corrected chi connectivity index (χ1v) is 12.9. The summed E-state index contributed by atoms with van der Waals surface area (Å²) in [7, 11) is 1.48. The van der Waals surface area contributed by atoms with Crippen LogP contribution in [0.15, 0.2) is 65.8 Å². The number of nitrogens with zero attached hydrogens (tertiary/aromatic N) is 1. The molecule has 0 radical (unpaired) electrons. The van der Waals surface area contributed by atoms with Crippen molar-refractivity contribution >= 4 is 52.2 Å². The largest absolute Gasteiger partial charge is 0.493 e. The summed E-state index contributed by atoms with van der Waals surface area (Å²) in [6, 6.07) is 18.8. The molecule has 0 heterocycles. The minimum atomic E-state index is -0.870. The molecule has 0 aliphatic heterocycles. The fourth-order valence-corrected chi connectivity index (χ4v) is 4.32. The van der Waals surface area contributed by atoms with E-state index in [1.54, 1.807) is 12.1 Å². The van der Waals surface area contributed by atoms with Crippen molar-refractivity contribution in [2.45, 2.75) is 20.3 Å². The molecule has 0 aromatic heterocycles. The fourth-order valence-electron chi connectivity index (χ4n) is 3.54. The number of aryl methyl sites for hydroxylation is 2. The molecule has 3 rings (SSSR count). The van der Waals surface area contributed by atoms with Crippen LogP contribution in [0.4, 0.5) is 5.69 Å². The SMILES string of the molecule is COc1cc(/C=N\NC(=O)C(=O)NCCc2ccccc2)cc(I)c1OCC(=O)Nc1c(C)cccc1C. The Kier molecular flexibility index (Phi) is 10.6. The molecule has 198 valence electrons. The summed E-state index contributed by atoms with van der Waals surface area (Å²) in [5.74, 6) is -1.14. The van der Waals surface area contributed by atoms with Crippen LogP contribution >= 0.6 is 22.6 Å². The summed E-state index contributed by atoms with van der Waals surface area (Å²) in [6.45, 7) is 3.98. The van der Waals surface area contributed by atoms with Gasteiger partial charge >= 0.3 is 11.8 Å². The highest BCUT2D eigenvalue weighted by molar-refractivity contribution is 14.1. The monoisotopic (exact) mass is 628 g/mol. The van der Waals surface area contributed by atoms with Gasteiger partial charge in [-0.15, -0.1) is 0 Å². The van der Waals surface area contributed by atoms with E-state index in [0.717, 1.165) is 22.4 Å². The Bertz CT molecular complexity index is 1310. The van der Waals surface area contributed by atoms with Crippen LogP contribution in [0.25, 0.3) is 0 Å². The number of anilines is 1. The molecule has 3 aromatic carbocycles. The lowest BCUT2D eigenvalue weighted by Gasteiger charge is -2.15. The van der Waals surface area contributed by atoms with Gasteiger partial charge in [-0.3, -0.25) is 14.4 Å². The quantitative estimate of drug-likeness (QED) is 0.137. The molecule has 9 nitrogen and oxygen atoms in total. The van der Waals surface area contributed by atoms with Gasteiger partial charge in [0.2, 0.25) is 0 Å². The maximum Gasteiger partial charge on any atom is 0.329 e. The van der Waals surface area contributed by atoms with Crippen molar-refractivity contribution in [2.24, 2.45) is 5.10 Å². The summed E-state index contributed by atoms with van der Waals surface area (Å²) in [5, 5.41) is 9.31. The first-order valence-electron chi connectivity index (χ1n) is 11.8. The van der Waals surface area contributed by atoms with Crippen LogP contribution in [0.3, 0.4) is 0 Å². The number of amides is 3. The lowest BCUT2D eigenvalue weighted by atomic mass is 10.1. The van der Waals surface area contributed by atoms with Crippen LogP contribution in [-0.4, -0.2) is 44.2 Å². The number of para-hydroxylation sites is 1. The number of ether oxygens (including phenoxy) is 2. The van der Waals surface area contributed by atoms with Gasteiger partial charge in [-0.1, -0.05) is 48.5 Å². The van der Waals surface area contributed by atoms with Gasteiger partial charge in [-0.2, -0.15) is 5.10 Å². The number of nitrogens with one attached hydrogen (secondary N) is 3. The van der Waals surface area contributed by atoms with Crippen LogP contribution < -0.4 is 25.5 Å². The normalized spacial score (nSPS) is 10.6. The molecule has 10 heteroatoms. The lowest BCUT2D eigenvalue weighted by molar-refractivity contribution is -0.139. The topological polar surface area (TPSA) is 118 Å². The van der Waals surface area contributed by atoms with E-state index in [4.69, 9.17) is 9.47 Å². The summed E-state index contributed by atoms with van der Waals surface area (Å²) < 4.78 is 11.9. The Balaban J connectivity index is 1.53. The molecule has 0 saturated heterocycles. The summed E-state index contributed by atoms with van der Waals surface area (Å²) in [6.07, 6.45) is 2.00. The van der Waals surface area contributed by atoms with E-state index in [9.17, 15) is 14.4 Å². The van der Waals surface area contributed by atoms with Gasteiger partial charge in [0.05, 0.1) is 16.9 Å². The molecule has 3 aromatic rings. The Morgan fingerprint density at radius 1 is 0.974 bits per heavy atom. The molecule has 0 bridgehead atoms. The first kappa shape index (κ1) is 28.6. The number of carbonyl (C=O) groups is 3. The molecule has 0 aliphatic rings. The van der Waals surface area contributed by atoms with Gasteiger partial charge in [0.15, 0.2) is 18.1 Å². The molecule has 0 unspecified atom stereocenters. The smallest absolute Gasteiger partial charge is 0.329 e. The maximum absolute atomic E-state index is 12.5. The predicted octanol–water partition coefficient (Wildman–Crippen LogP) is 3.74. The minimum absolute atomic E-state index is 0.205. The highest BCUT2D eigenvalue weighted by atomic mass is 127. The number of carbonyl (C=O) groups excluding carboxylic acids is 3. The number of hydrazone groups is 1. The van der Waals surface area contributed by atoms with Gasteiger partial charge in [0.25, 0.3) is 5.91 Å². The Labute approximate surface area is 235 Å². The van der Waals surface area contributed by atoms with Crippen molar-refractivity contribution in [1.29, 1.82) is 0 Å². The molecule has 38 heavy (non-hydrogen) atoms. The molecule has 3 amide bonds. The van der Waals surface area contributed by atoms with Gasteiger partial charge in [-0.05, 0) is 77.2 Å². The standard InChI is InChI=1S/C28H29IN4O5/c1-18-8-7-9-19(2)25(18)32-24(34)17-38-26-22(29)14-21(15-23(26)37-3)16-31-33-28(36)27(35)30-13-12-20-10-5-4-6-11-20/h4-11,14-16H,12-13,17H2,1-3H3,(H,30,35)(H,32,34)(H,33,36)/b31-16-. The van der Waals surface area contributed by atoms with E-state index in [0.29, 0.717) is 33.6 Å². The molecule has 0 atom stereocenters. The van der Waals surface area contributed by atoms with Crippen LogP contribution in [0.1, 0.15) is 22.3 Å². The molecule has 3 N–H and O–H groups in total.